The maximum absolute atomic E-state index is 11.1. The van der Waals surface area contributed by atoms with Gasteiger partial charge in [0.05, 0.1) is 13.7 Å². The molecule has 0 heterocycles. The minimum atomic E-state index is -0.357. The first kappa shape index (κ1) is 18.5. The lowest BCUT2D eigenvalue weighted by atomic mass is 10.0. The van der Waals surface area contributed by atoms with Crippen molar-refractivity contribution in [3.63, 3.8) is 0 Å². The van der Waals surface area contributed by atoms with E-state index in [-0.39, 0.29) is 5.97 Å². The Morgan fingerprint density at radius 1 is 1.00 bits per heavy atom. The van der Waals surface area contributed by atoms with E-state index in [1.807, 2.05) is 42.5 Å². The molecule has 0 spiro atoms. The van der Waals surface area contributed by atoms with Crippen LogP contribution in [-0.4, -0.2) is 19.7 Å². The Balaban J connectivity index is 1.92. The summed E-state index contributed by atoms with van der Waals surface area (Å²) in [6, 6.07) is 16.1. The quantitative estimate of drug-likeness (QED) is 0.271. The van der Waals surface area contributed by atoms with Gasteiger partial charge in [-0.25, -0.2) is 4.79 Å². The van der Waals surface area contributed by atoms with Gasteiger partial charge in [-0.15, -0.1) is 6.58 Å². The highest BCUT2D eigenvalue weighted by Crippen LogP contribution is 2.23. The van der Waals surface area contributed by atoms with Crippen molar-refractivity contribution in [1.29, 1.82) is 0 Å². The number of ether oxygens (including phenoxy) is 2. The summed E-state index contributed by atoms with van der Waals surface area (Å²) in [6.07, 6.45) is 8.26. The molecule has 2 aromatic rings. The van der Waals surface area contributed by atoms with E-state index in [2.05, 4.69) is 23.4 Å². The normalized spacial score (nSPS) is 10.6. The molecule has 3 nitrogen and oxygen atoms in total. The molecule has 0 atom stereocenters. The summed E-state index contributed by atoms with van der Waals surface area (Å²) in [7, 11) is 1.37. The van der Waals surface area contributed by atoms with Gasteiger partial charge in [-0.2, -0.15) is 0 Å². The van der Waals surface area contributed by atoms with Gasteiger partial charge in [0.15, 0.2) is 0 Å². The van der Waals surface area contributed by atoms with Gasteiger partial charge in [0.25, 0.3) is 0 Å². The van der Waals surface area contributed by atoms with E-state index in [9.17, 15) is 4.79 Å². The monoisotopic (exact) mass is 336 g/mol. The van der Waals surface area contributed by atoms with Gasteiger partial charge >= 0.3 is 5.97 Å². The molecular weight excluding hydrogens is 312 g/mol. The zero-order chi connectivity index (χ0) is 17.9. The first-order chi connectivity index (χ1) is 12.2. The predicted octanol–water partition coefficient (Wildman–Crippen LogP) is 5.27. The fourth-order valence-electron chi connectivity index (χ4n) is 2.34. The molecule has 2 aromatic carbocycles. The topological polar surface area (TPSA) is 35.5 Å². The summed E-state index contributed by atoms with van der Waals surface area (Å²) in [5, 5.41) is 0. The number of carbonyl (C=O) groups excluding carboxylic acids is 1. The van der Waals surface area contributed by atoms with Gasteiger partial charge in [0.1, 0.15) is 5.75 Å². The highest BCUT2D eigenvalue weighted by molar-refractivity contribution is 5.87. The van der Waals surface area contributed by atoms with Crippen LogP contribution in [0.2, 0.25) is 0 Å². The third kappa shape index (κ3) is 6.30. The average Bonchev–Trinajstić information content (AvgIpc) is 2.67. The third-order valence-electron chi connectivity index (χ3n) is 3.78. The third-order valence-corrected chi connectivity index (χ3v) is 3.78. The van der Waals surface area contributed by atoms with Crippen LogP contribution in [0.5, 0.6) is 5.75 Å². The number of esters is 1. The Labute approximate surface area is 149 Å². The molecule has 0 radical (unpaired) electrons. The zero-order valence-corrected chi connectivity index (χ0v) is 14.6. The van der Waals surface area contributed by atoms with Gasteiger partial charge in [0.2, 0.25) is 0 Å². The van der Waals surface area contributed by atoms with E-state index in [1.54, 1.807) is 6.08 Å². The SMILES string of the molecule is C=CCCCCOc1ccc(-c2ccc(/C=C/C(=O)OC)cc2)cc1. The molecule has 0 bridgehead atoms. The van der Waals surface area contributed by atoms with Crippen LogP contribution in [0.3, 0.4) is 0 Å². The van der Waals surface area contributed by atoms with Crippen molar-refractivity contribution in [2.24, 2.45) is 0 Å². The molecule has 0 aromatic heterocycles. The first-order valence-corrected chi connectivity index (χ1v) is 8.43. The number of rotatable bonds is 9. The van der Waals surface area contributed by atoms with Gasteiger partial charge < -0.3 is 9.47 Å². The number of allylic oxidation sites excluding steroid dienone is 1. The van der Waals surface area contributed by atoms with Crippen molar-refractivity contribution in [3.05, 3.63) is 72.8 Å². The van der Waals surface area contributed by atoms with Gasteiger partial charge in [0, 0.05) is 6.08 Å². The Morgan fingerprint density at radius 3 is 2.24 bits per heavy atom. The maximum atomic E-state index is 11.1. The number of unbranched alkanes of at least 4 members (excludes halogenated alkanes) is 2. The van der Waals surface area contributed by atoms with Crippen molar-refractivity contribution in [3.8, 4) is 16.9 Å². The average molecular weight is 336 g/mol. The van der Waals surface area contributed by atoms with Crippen LogP contribution in [0.1, 0.15) is 24.8 Å². The van der Waals surface area contributed by atoms with Gasteiger partial charge in [-0.3, -0.25) is 0 Å². The van der Waals surface area contributed by atoms with Crippen LogP contribution >= 0.6 is 0 Å². The smallest absolute Gasteiger partial charge is 0.330 e. The molecule has 0 amide bonds. The molecule has 0 unspecified atom stereocenters. The Kier molecular flexibility index (Phi) is 7.51. The van der Waals surface area contributed by atoms with Crippen LogP contribution < -0.4 is 4.74 Å². The number of hydrogen-bond donors (Lipinski definition) is 0. The van der Waals surface area contributed by atoms with Crippen molar-refractivity contribution in [2.45, 2.75) is 19.3 Å². The Hall–Kier alpha value is -2.81. The molecule has 2 rings (SSSR count). The molecule has 0 aliphatic heterocycles. The summed E-state index contributed by atoms with van der Waals surface area (Å²) >= 11 is 0. The van der Waals surface area contributed by atoms with E-state index >= 15 is 0 Å². The van der Waals surface area contributed by atoms with Crippen LogP contribution in [0.4, 0.5) is 0 Å². The molecular formula is C22H24O3. The zero-order valence-electron chi connectivity index (χ0n) is 14.6. The minimum absolute atomic E-state index is 0.357. The molecule has 0 aliphatic rings. The van der Waals surface area contributed by atoms with Crippen LogP contribution in [0.25, 0.3) is 17.2 Å². The molecule has 0 saturated carbocycles. The molecule has 0 aliphatic carbocycles. The second-order valence-electron chi connectivity index (χ2n) is 5.64. The fourth-order valence-corrected chi connectivity index (χ4v) is 2.34. The first-order valence-electron chi connectivity index (χ1n) is 8.43. The summed E-state index contributed by atoms with van der Waals surface area (Å²) < 4.78 is 10.3. The van der Waals surface area contributed by atoms with Crippen molar-refractivity contribution in [2.75, 3.05) is 13.7 Å². The lowest BCUT2D eigenvalue weighted by Gasteiger charge is -2.07. The van der Waals surface area contributed by atoms with E-state index in [4.69, 9.17) is 4.74 Å². The second-order valence-corrected chi connectivity index (χ2v) is 5.64. The van der Waals surface area contributed by atoms with E-state index in [0.29, 0.717) is 0 Å². The summed E-state index contributed by atoms with van der Waals surface area (Å²) in [4.78, 5) is 11.1. The van der Waals surface area contributed by atoms with Crippen molar-refractivity contribution < 1.29 is 14.3 Å². The molecule has 3 heteroatoms. The molecule has 130 valence electrons. The van der Waals surface area contributed by atoms with E-state index in [0.717, 1.165) is 48.3 Å². The highest BCUT2D eigenvalue weighted by atomic mass is 16.5. The highest BCUT2D eigenvalue weighted by Gasteiger charge is 2.00. The molecule has 0 saturated heterocycles. The van der Waals surface area contributed by atoms with Crippen LogP contribution in [-0.2, 0) is 9.53 Å². The lowest BCUT2D eigenvalue weighted by Crippen LogP contribution is -1.96. The predicted molar refractivity (Wildman–Crippen MR) is 102 cm³/mol. The van der Waals surface area contributed by atoms with E-state index in [1.165, 1.54) is 13.2 Å². The minimum Gasteiger partial charge on any atom is -0.494 e. The Bertz CT molecular complexity index is 697. The molecule has 25 heavy (non-hydrogen) atoms. The summed E-state index contributed by atoms with van der Waals surface area (Å²) in [5.41, 5.74) is 3.20. The van der Waals surface area contributed by atoms with Crippen LogP contribution in [0.15, 0.2) is 67.3 Å². The standard InChI is InChI=1S/C22H24O3/c1-3-4-5-6-17-25-21-14-12-20(13-15-21)19-10-7-18(8-11-19)9-16-22(23)24-2/h3,7-16H,1,4-6,17H2,2H3/b16-9+. The number of benzene rings is 2. The maximum Gasteiger partial charge on any atom is 0.330 e. The van der Waals surface area contributed by atoms with Crippen molar-refractivity contribution in [1.82, 2.24) is 0 Å². The van der Waals surface area contributed by atoms with E-state index < -0.39 is 0 Å². The molecule has 0 fully saturated rings. The second kappa shape index (κ2) is 10.1. The summed E-state index contributed by atoms with van der Waals surface area (Å²) in [6.45, 7) is 4.45. The number of methoxy groups -OCH3 is 1. The van der Waals surface area contributed by atoms with Gasteiger partial charge in [-0.05, 0) is 54.2 Å². The fraction of sp³-hybridized carbons (Fsp3) is 0.227. The van der Waals surface area contributed by atoms with Gasteiger partial charge in [-0.1, -0.05) is 42.5 Å². The van der Waals surface area contributed by atoms with Crippen molar-refractivity contribution >= 4 is 12.0 Å². The largest absolute Gasteiger partial charge is 0.494 e. The molecule has 0 N–H and O–H groups in total. The number of hydrogen-bond acceptors (Lipinski definition) is 3. The lowest BCUT2D eigenvalue weighted by molar-refractivity contribution is -0.134. The van der Waals surface area contributed by atoms with Crippen LogP contribution in [0, 0.1) is 0 Å². The Morgan fingerprint density at radius 2 is 1.64 bits per heavy atom. The number of carbonyl (C=O) groups is 1. The summed E-state index contributed by atoms with van der Waals surface area (Å²) in [5.74, 6) is 0.532.